The van der Waals surface area contributed by atoms with Crippen molar-refractivity contribution in [2.45, 2.75) is 13.5 Å². The number of rotatable bonds is 4. The summed E-state index contributed by atoms with van der Waals surface area (Å²) in [5.74, 6) is 1.65. The summed E-state index contributed by atoms with van der Waals surface area (Å²) in [6, 6.07) is 4.15. The summed E-state index contributed by atoms with van der Waals surface area (Å²) >= 11 is 0. The molecule has 2 fully saturated rings. The van der Waals surface area contributed by atoms with E-state index in [2.05, 4.69) is 37.7 Å². The van der Waals surface area contributed by atoms with E-state index in [1.54, 1.807) is 0 Å². The number of likely N-dealkylation sites (N-methyl/N-ethyl adjacent to an activating group) is 1. The van der Waals surface area contributed by atoms with Crippen LogP contribution in [0.15, 0.2) is 23.3 Å². The molecule has 0 spiro atoms. The van der Waals surface area contributed by atoms with Gasteiger partial charge in [0, 0.05) is 45.5 Å². The summed E-state index contributed by atoms with van der Waals surface area (Å²) in [7, 11) is 0. The van der Waals surface area contributed by atoms with Crippen LogP contribution < -0.4 is 10.6 Å². The van der Waals surface area contributed by atoms with Crippen molar-refractivity contribution in [3.63, 3.8) is 0 Å². The number of piperazine rings is 1. The number of hydrogen-bond acceptors (Lipinski definition) is 5. The van der Waals surface area contributed by atoms with Gasteiger partial charge in [-0.2, -0.15) is 0 Å². The van der Waals surface area contributed by atoms with Gasteiger partial charge >= 0.3 is 0 Å². The maximum atomic E-state index is 6.10. The second kappa shape index (κ2) is 8.30. The van der Waals surface area contributed by atoms with Crippen LogP contribution >= 0.6 is 0 Å². The first-order valence-corrected chi connectivity index (χ1v) is 8.81. The summed E-state index contributed by atoms with van der Waals surface area (Å²) in [6.45, 7) is 11.3. The zero-order valence-corrected chi connectivity index (χ0v) is 14.5. The fourth-order valence-corrected chi connectivity index (χ4v) is 3.09. The van der Waals surface area contributed by atoms with Crippen LogP contribution in [-0.2, 0) is 11.3 Å². The highest BCUT2D eigenvalue weighted by atomic mass is 16.5. The number of ether oxygens (including phenoxy) is 1. The molecule has 7 heteroatoms. The number of anilines is 1. The number of hydrogen-bond donors (Lipinski definition) is 1. The highest BCUT2D eigenvalue weighted by molar-refractivity contribution is 5.78. The minimum absolute atomic E-state index is 0.591. The topological polar surface area (TPSA) is 70.2 Å². The number of morpholine rings is 1. The van der Waals surface area contributed by atoms with Crippen LogP contribution in [-0.4, -0.2) is 79.8 Å². The lowest BCUT2D eigenvalue weighted by Gasteiger charge is -2.34. The molecular weight excluding hydrogens is 304 g/mol. The van der Waals surface area contributed by atoms with Crippen molar-refractivity contribution in [1.82, 2.24) is 14.8 Å². The molecule has 1 aromatic heterocycles. The summed E-state index contributed by atoms with van der Waals surface area (Å²) < 4.78 is 5.34. The molecular formula is C17H28N6O. The van der Waals surface area contributed by atoms with Crippen LogP contribution in [0, 0.1) is 0 Å². The minimum atomic E-state index is 0.591. The summed E-state index contributed by atoms with van der Waals surface area (Å²) in [5, 5.41) is 0. The Labute approximate surface area is 144 Å². The normalized spacial score (nSPS) is 20.5. The van der Waals surface area contributed by atoms with Gasteiger partial charge in [-0.15, -0.1) is 0 Å². The van der Waals surface area contributed by atoms with Crippen molar-refractivity contribution in [2.24, 2.45) is 10.7 Å². The van der Waals surface area contributed by atoms with E-state index in [0.717, 1.165) is 70.4 Å². The fraction of sp³-hybridized carbons (Fsp3) is 0.647. The zero-order chi connectivity index (χ0) is 16.8. The van der Waals surface area contributed by atoms with E-state index in [9.17, 15) is 0 Å². The Morgan fingerprint density at radius 2 is 1.96 bits per heavy atom. The lowest BCUT2D eigenvalue weighted by molar-refractivity contribution is 0.0674. The molecule has 3 heterocycles. The average Bonchev–Trinajstić information content (AvgIpc) is 2.67. The van der Waals surface area contributed by atoms with Crippen molar-refractivity contribution in [2.75, 3.05) is 63.9 Å². The maximum Gasteiger partial charge on any atom is 0.191 e. The van der Waals surface area contributed by atoms with Crippen molar-refractivity contribution in [1.29, 1.82) is 0 Å². The van der Waals surface area contributed by atoms with Crippen LogP contribution in [0.2, 0.25) is 0 Å². The number of nitrogens with two attached hydrogens (primary N) is 1. The number of nitrogens with zero attached hydrogens (tertiary/aromatic N) is 5. The predicted molar refractivity (Wildman–Crippen MR) is 96.3 cm³/mol. The minimum Gasteiger partial charge on any atom is -0.378 e. The van der Waals surface area contributed by atoms with E-state index in [0.29, 0.717) is 12.5 Å². The quantitative estimate of drug-likeness (QED) is 0.635. The standard InChI is InChI=1S/C17H28N6O/c1-2-21-5-7-22(8-6-21)16-13-15(3-4-19-16)14-20-17(18)23-9-11-24-12-10-23/h3-4,13H,2,5-12,14H2,1H3,(H2,18,20). The maximum absolute atomic E-state index is 6.10. The molecule has 132 valence electrons. The Balaban J connectivity index is 1.59. The van der Waals surface area contributed by atoms with Gasteiger partial charge in [0.1, 0.15) is 5.82 Å². The second-order valence-electron chi connectivity index (χ2n) is 6.22. The van der Waals surface area contributed by atoms with Gasteiger partial charge < -0.3 is 25.2 Å². The Hall–Kier alpha value is -1.86. The van der Waals surface area contributed by atoms with Crippen molar-refractivity contribution in [3.8, 4) is 0 Å². The van der Waals surface area contributed by atoms with Crippen molar-refractivity contribution < 1.29 is 4.74 Å². The molecule has 3 rings (SSSR count). The molecule has 2 N–H and O–H groups in total. The fourth-order valence-electron chi connectivity index (χ4n) is 3.09. The van der Waals surface area contributed by atoms with Gasteiger partial charge in [-0.1, -0.05) is 6.92 Å². The van der Waals surface area contributed by atoms with Crippen LogP contribution in [0.1, 0.15) is 12.5 Å². The first-order valence-electron chi connectivity index (χ1n) is 8.81. The molecule has 0 saturated carbocycles. The van der Waals surface area contributed by atoms with Crippen molar-refractivity contribution in [3.05, 3.63) is 23.9 Å². The smallest absolute Gasteiger partial charge is 0.191 e. The Kier molecular flexibility index (Phi) is 5.87. The molecule has 0 atom stereocenters. The highest BCUT2D eigenvalue weighted by Gasteiger charge is 2.17. The van der Waals surface area contributed by atoms with Gasteiger partial charge in [-0.05, 0) is 24.2 Å². The molecule has 7 nitrogen and oxygen atoms in total. The van der Waals surface area contributed by atoms with E-state index in [4.69, 9.17) is 10.5 Å². The van der Waals surface area contributed by atoms with E-state index in [-0.39, 0.29) is 0 Å². The van der Waals surface area contributed by atoms with E-state index in [1.165, 1.54) is 0 Å². The Morgan fingerprint density at radius 1 is 1.21 bits per heavy atom. The van der Waals surface area contributed by atoms with Gasteiger partial charge in [0.05, 0.1) is 19.8 Å². The van der Waals surface area contributed by atoms with Crippen molar-refractivity contribution >= 4 is 11.8 Å². The third-order valence-corrected chi connectivity index (χ3v) is 4.71. The third kappa shape index (κ3) is 4.36. The third-order valence-electron chi connectivity index (χ3n) is 4.71. The van der Waals surface area contributed by atoms with Crippen LogP contribution in [0.4, 0.5) is 5.82 Å². The molecule has 2 saturated heterocycles. The summed E-state index contributed by atoms with van der Waals surface area (Å²) in [6.07, 6.45) is 1.87. The first-order chi connectivity index (χ1) is 11.8. The molecule has 0 bridgehead atoms. The molecule has 0 aromatic carbocycles. The summed E-state index contributed by atoms with van der Waals surface area (Å²) in [5.41, 5.74) is 7.24. The van der Waals surface area contributed by atoms with Crippen LogP contribution in [0.3, 0.4) is 0 Å². The lowest BCUT2D eigenvalue weighted by Crippen LogP contribution is -2.46. The Bertz CT molecular complexity index is 550. The van der Waals surface area contributed by atoms with Crippen LogP contribution in [0.5, 0.6) is 0 Å². The van der Waals surface area contributed by atoms with E-state index >= 15 is 0 Å². The van der Waals surface area contributed by atoms with E-state index in [1.807, 2.05) is 12.3 Å². The molecule has 0 amide bonds. The number of aliphatic imine (C=N–C) groups is 1. The predicted octanol–water partition coefficient (Wildman–Crippen LogP) is 0.370. The SMILES string of the molecule is CCN1CCN(c2cc(CN=C(N)N3CCOCC3)ccn2)CC1. The number of aromatic nitrogens is 1. The number of guanidine groups is 1. The largest absolute Gasteiger partial charge is 0.378 e. The first kappa shape index (κ1) is 17.0. The molecule has 2 aliphatic rings. The van der Waals surface area contributed by atoms with Gasteiger partial charge in [0.15, 0.2) is 5.96 Å². The summed E-state index contributed by atoms with van der Waals surface area (Å²) in [4.78, 5) is 16.0. The molecule has 0 unspecified atom stereocenters. The molecule has 1 aromatic rings. The van der Waals surface area contributed by atoms with Gasteiger partial charge in [-0.3, -0.25) is 0 Å². The average molecular weight is 332 g/mol. The van der Waals surface area contributed by atoms with Gasteiger partial charge in [0.25, 0.3) is 0 Å². The van der Waals surface area contributed by atoms with Gasteiger partial charge in [0.2, 0.25) is 0 Å². The van der Waals surface area contributed by atoms with Crippen LogP contribution in [0.25, 0.3) is 0 Å². The van der Waals surface area contributed by atoms with E-state index < -0.39 is 0 Å². The van der Waals surface area contributed by atoms with Gasteiger partial charge in [-0.25, -0.2) is 9.98 Å². The molecule has 24 heavy (non-hydrogen) atoms. The molecule has 2 aliphatic heterocycles. The molecule has 0 aliphatic carbocycles. The second-order valence-corrected chi connectivity index (χ2v) is 6.22. The lowest BCUT2D eigenvalue weighted by atomic mass is 10.2. The molecule has 0 radical (unpaired) electrons. The Morgan fingerprint density at radius 3 is 2.67 bits per heavy atom. The highest BCUT2D eigenvalue weighted by Crippen LogP contribution is 2.15. The monoisotopic (exact) mass is 332 g/mol. The zero-order valence-electron chi connectivity index (χ0n) is 14.5. The number of pyridine rings is 1.